The van der Waals surface area contributed by atoms with Gasteiger partial charge < -0.3 is 9.63 Å². The molecule has 1 N–H and O–H groups in total. The van der Waals surface area contributed by atoms with Crippen LogP contribution < -0.4 is 0 Å². The first-order chi connectivity index (χ1) is 9.21. The van der Waals surface area contributed by atoms with E-state index in [4.69, 9.17) is 9.26 Å². The molecule has 0 spiro atoms. The molecule has 112 valence electrons. The number of phosphoric acid groups is 1. The van der Waals surface area contributed by atoms with E-state index in [1.54, 1.807) is 45.0 Å². The van der Waals surface area contributed by atoms with Gasteiger partial charge in [0.25, 0.3) is 0 Å². The lowest BCUT2D eigenvalue weighted by Crippen LogP contribution is -2.23. The van der Waals surface area contributed by atoms with Gasteiger partial charge in [-0.15, -0.1) is 0 Å². The van der Waals surface area contributed by atoms with Gasteiger partial charge in [0.1, 0.15) is 0 Å². The van der Waals surface area contributed by atoms with Crippen LogP contribution in [0.4, 0.5) is 0 Å². The van der Waals surface area contributed by atoms with Crippen LogP contribution in [0.3, 0.4) is 0 Å². The molecule has 0 saturated carbocycles. The minimum Gasteiger partial charge on any atom is -0.437 e. The quantitative estimate of drug-likeness (QED) is 0.494. The van der Waals surface area contributed by atoms with Gasteiger partial charge in [-0.2, -0.15) is 0 Å². The zero-order valence-electron chi connectivity index (χ0n) is 11.7. The van der Waals surface area contributed by atoms with Gasteiger partial charge in [0.05, 0.1) is 12.0 Å². The molecule has 1 aromatic rings. The third-order valence-corrected chi connectivity index (χ3v) is 3.14. The fourth-order valence-corrected chi connectivity index (χ4v) is 1.70. The Morgan fingerprint density at radius 2 is 1.80 bits per heavy atom. The fourth-order valence-electron chi connectivity index (χ4n) is 1.13. The second kappa shape index (κ2) is 6.99. The second-order valence-electron chi connectivity index (χ2n) is 5.16. The number of rotatable bonds is 6. The monoisotopic (exact) mass is 302 g/mol. The Morgan fingerprint density at radius 3 is 2.35 bits per heavy atom. The molecule has 0 fully saturated rings. The molecule has 1 rings (SSSR count). The summed E-state index contributed by atoms with van der Waals surface area (Å²) in [5.74, 6) is -0.527. The van der Waals surface area contributed by atoms with Gasteiger partial charge in [0, 0.05) is 0 Å². The largest absolute Gasteiger partial charge is 0.475 e. The minimum absolute atomic E-state index is 0.0676. The van der Waals surface area contributed by atoms with Crippen molar-refractivity contribution < 1.29 is 28.0 Å². The van der Waals surface area contributed by atoms with Crippen LogP contribution in [0.25, 0.3) is 0 Å². The maximum Gasteiger partial charge on any atom is 0.475 e. The molecular weight excluding hydrogens is 283 g/mol. The van der Waals surface area contributed by atoms with Crippen molar-refractivity contribution in [1.29, 1.82) is 0 Å². The summed E-state index contributed by atoms with van der Waals surface area (Å²) in [7, 11) is -4.24. The molecule has 1 aromatic carbocycles. The average molecular weight is 302 g/mol. The predicted molar refractivity (Wildman–Crippen MR) is 72.6 cm³/mol. The topological polar surface area (TPSA) is 82.1 Å². The number of carbonyl (C=O) groups is 1. The van der Waals surface area contributed by atoms with E-state index >= 15 is 0 Å². The summed E-state index contributed by atoms with van der Waals surface area (Å²) in [6.07, 6.45) is 0. The van der Waals surface area contributed by atoms with Crippen LogP contribution in [0.2, 0.25) is 0 Å². The maximum absolute atomic E-state index is 11.5. The summed E-state index contributed by atoms with van der Waals surface area (Å²) >= 11 is 0. The normalized spacial score (nSPS) is 14.6. The lowest BCUT2D eigenvalue weighted by molar-refractivity contribution is -0.160. The van der Waals surface area contributed by atoms with Gasteiger partial charge in [-0.25, -0.2) is 9.09 Å². The number of phosphoric ester groups is 1. The van der Waals surface area contributed by atoms with Crippen LogP contribution in [0.5, 0.6) is 0 Å². The summed E-state index contributed by atoms with van der Waals surface area (Å²) in [5.41, 5.74) is 0.0327. The first-order valence-corrected chi connectivity index (χ1v) is 7.53. The van der Waals surface area contributed by atoms with E-state index in [9.17, 15) is 14.3 Å². The highest BCUT2D eigenvalue weighted by molar-refractivity contribution is 7.47. The van der Waals surface area contributed by atoms with Crippen molar-refractivity contribution in [2.24, 2.45) is 5.41 Å². The van der Waals surface area contributed by atoms with Crippen molar-refractivity contribution in [2.45, 2.75) is 27.4 Å². The van der Waals surface area contributed by atoms with Crippen LogP contribution >= 0.6 is 7.82 Å². The van der Waals surface area contributed by atoms with E-state index in [0.717, 1.165) is 5.56 Å². The smallest absolute Gasteiger partial charge is 0.437 e. The Kier molecular flexibility index (Phi) is 5.89. The molecule has 1 atom stereocenters. The summed E-state index contributed by atoms with van der Waals surface area (Å²) in [6.45, 7) is 4.31. The van der Waals surface area contributed by atoms with E-state index in [1.807, 2.05) is 6.07 Å². The van der Waals surface area contributed by atoms with Gasteiger partial charge in [-0.05, 0) is 26.3 Å². The Balaban J connectivity index is 2.35. The molecule has 0 aliphatic carbocycles. The summed E-state index contributed by atoms with van der Waals surface area (Å²) in [4.78, 5) is 20.8. The van der Waals surface area contributed by atoms with Crippen LogP contribution in [-0.4, -0.2) is 17.7 Å². The summed E-state index contributed by atoms with van der Waals surface area (Å²) in [5, 5.41) is 0. The predicted octanol–water partition coefficient (Wildman–Crippen LogP) is 2.87. The number of ether oxygens (including phenoxy) is 1. The van der Waals surface area contributed by atoms with E-state index < -0.39 is 26.0 Å². The number of carbonyl (C=O) groups excluding carboxylic acids is 1. The van der Waals surface area contributed by atoms with Crippen LogP contribution in [0.1, 0.15) is 26.3 Å². The first kappa shape index (κ1) is 16.9. The lowest BCUT2D eigenvalue weighted by atomic mass is 9.98. The van der Waals surface area contributed by atoms with E-state index in [1.165, 1.54) is 0 Å². The zero-order chi connectivity index (χ0) is 15.2. The molecular formula is C13H19O6P. The molecule has 0 heterocycles. The van der Waals surface area contributed by atoms with Crippen molar-refractivity contribution in [1.82, 2.24) is 0 Å². The molecule has 20 heavy (non-hydrogen) atoms. The standard InChI is InChI=1S/C13H19O6P/c1-13(2,3)12(14)17-10-19-20(15,16)18-9-11-7-5-4-6-8-11/h4-8H,9-10H2,1-3H3,(H,15,16). The molecule has 0 aliphatic heterocycles. The van der Waals surface area contributed by atoms with Crippen molar-refractivity contribution in [3.63, 3.8) is 0 Å². The third-order valence-electron chi connectivity index (χ3n) is 2.26. The molecule has 1 unspecified atom stereocenters. The molecule has 0 aliphatic rings. The van der Waals surface area contributed by atoms with E-state index in [-0.39, 0.29) is 6.61 Å². The molecule has 0 saturated heterocycles. The maximum atomic E-state index is 11.5. The molecule has 0 aromatic heterocycles. The molecule has 0 radical (unpaired) electrons. The number of esters is 1. The highest BCUT2D eigenvalue weighted by Crippen LogP contribution is 2.44. The van der Waals surface area contributed by atoms with Crippen molar-refractivity contribution >= 4 is 13.8 Å². The Morgan fingerprint density at radius 1 is 1.20 bits per heavy atom. The van der Waals surface area contributed by atoms with Gasteiger partial charge in [0.2, 0.25) is 6.79 Å². The number of hydrogen-bond donors (Lipinski definition) is 1. The Bertz CT molecular complexity index is 479. The highest BCUT2D eigenvalue weighted by Gasteiger charge is 2.26. The fraction of sp³-hybridized carbons (Fsp3) is 0.462. The van der Waals surface area contributed by atoms with Crippen molar-refractivity contribution in [3.05, 3.63) is 35.9 Å². The Hall–Kier alpha value is -1.20. The average Bonchev–Trinajstić information content (AvgIpc) is 2.36. The van der Waals surface area contributed by atoms with Gasteiger partial charge in [0.15, 0.2) is 0 Å². The summed E-state index contributed by atoms with van der Waals surface area (Å²) in [6, 6.07) is 8.89. The third kappa shape index (κ3) is 6.30. The lowest BCUT2D eigenvalue weighted by Gasteiger charge is -2.17. The van der Waals surface area contributed by atoms with Gasteiger partial charge in [-0.1, -0.05) is 30.3 Å². The van der Waals surface area contributed by atoms with Crippen molar-refractivity contribution in [3.8, 4) is 0 Å². The zero-order valence-corrected chi connectivity index (χ0v) is 12.6. The molecule has 0 bridgehead atoms. The van der Waals surface area contributed by atoms with Crippen LogP contribution in [-0.2, 0) is 29.8 Å². The van der Waals surface area contributed by atoms with Crippen molar-refractivity contribution in [2.75, 3.05) is 6.79 Å². The first-order valence-electron chi connectivity index (χ1n) is 6.04. The van der Waals surface area contributed by atoms with E-state index in [0.29, 0.717) is 0 Å². The molecule has 7 heteroatoms. The minimum atomic E-state index is -4.24. The summed E-state index contributed by atoms with van der Waals surface area (Å²) < 4.78 is 25.6. The van der Waals surface area contributed by atoms with Gasteiger partial charge in [-0.3, -0.25) is 9.32 Å². The van der Waals surface area contributed by atoms with Crippen LogP contribution in [0, 0.1) is 5.41 Å². The number of benzene rings is 1. The van der Waals surface area contributed by atoms with Crippen LogP contribution in [0.15, 0.2) is 30.3 Å². The SMILES string of the molecule is CC(C)(C)C(=O)OCOP(=O)(O)OCc1ccccc1. The van der Waals surface area contributed by atoms with E-state index in [2.05, 4.69) is 4.52 Å². The Labute approximate surface area is 118 Å². The number of hydrogen-bond acceptors (Lipinski definition) is 5. The second-order valence-corrected chi connectivity index (χ2v) is 6.61. The molecule has 6 nitrogen and oxygen atoms in total. The molecule has 0 amide bonds. The van der Waals surface area contributed by atoms with Gasteiger partial charge >= 0.3 is 13.8 Å². The highest BCUT2D eigenvalue weighted by atomic mass is 31.2.